The Morgan fingerprint density at radius 1 is 1.06 bits per heavy atom. The summed E-state index contributed by atoms with van der Waals surface area (Å²) in [6, 6.07) is 13.4. The molecular weight excluding hydrogens is 692 g/mol. The molecule has 2 aromatic carbocycles. The first-order valence-corrected chi connectivity index (χ1v) is 17.8. The van der Waals surface area contributed by atoms with Crippen molar-refractivity contribution in [1.82, 2.24) is 9.97 Å². The van der Waals surface area contributed by atoms with Crippen LogP contribution in [0.15, 0.2) is 81.8 Å². The lowest BCUT2D eigenvalue weighted by atomic mass is 9.71. The lowest BCUT2D eigenvalue weighted by molar-refractivity contribution is -0.165. The number of aliphatic hydroxyl groups is 2. The molecular formula is C41H42N4O9. The second-order valence-corrected chi connectivity index (χ2v) is 14.1. The highest BCUT2D eigenvalue weighted by atomic mass is 16.6. The van der Waals surface area contributed by atoms with Gasteiger partial charge in [-0.3, -0.25) is 4.79 Å². The Bertz CT molecular complexity index is 2340. The number of carbonyl (C=O) groups excluding carboxylic acids is 1. The Morgan fingerprint density at radius 2 is 1.87 bits per heavy atom. The summed E-state index contributed by atoms with van der Waals surface area (Å²) in [5.41, 5.74) is 14.5. The average molecular weight is 735 g/mol. The molecule has 280 valence electrons. The van der Waals surface area contributed by atoms with Crippen LogP contribution < -0.4 is 21.6 Å². The Labute approximate surface area is 310 Å². The molecule has 4 atom stereocenters. The van der Waals surface area contributed by atoms with Crippen LogP contribution in [0.4, 0.5) is 11.6 Å². The monoisotopic (exact) mass is 734 g/mol. The van der Waals surface area contributed by atoms with Gasteiger partial charge < -0.3 is 45.8 Å². The minimum Gasteiger partial charge on any atom is -0.508 e. The molecule has 0 radical (unpaired) electrons. The Hall–Kier alpha value is -5.92. The van der Waals surface area contributed by atoms with Gasteiger partial charge in [0.05, 0.1) is 12.2 Å². The minimum atomic E-state index is -1.30. The lowest BCUT2D eigenvalue weighted by Crippen LogP contribution is -2.57. The number of anilines is 2. The van der Waals surface area contributed by atoms with Gasteiger partial charge in [-0.1, -0.05) is 24.3 Å². The molecule has 7 rings (SSSR count). The smallest absolute Gasteiger partial charge is 0.336 e. The number of allylic oxidation sites excluding steroid dienone is 1. The van der Waals surface area contributed by atoms with E-state index in [-0.39, 0.29) is 52.2 Å². The zero-order chi connectivity index (χ0) is 38.3. The minimum absolute atomic E-state index is 0.0171. The summed E-state index contributed by atoms with van der Waals surface area (Å²) in [5, 5.41) is 42.5. The van der Waals surface area contributed by atoms with Crippen LogP contribution in [0.2, 0.25) is 0 Å². The van der Waals surface area contributed by atoms with Crippen molar-refractivity contribution in [3.63, 3.8) is 0 Å². The fourth-order valence-electron chi connectivity index (χ4n) is 8.00. The van der Waals surface area contributed by atoms with E-state index in [0.29, 0.717) is 36.5 Å². The van der Waals surface area contributed by atoms with Crippen LogP contribution in [0.25, 0.3) is 11.0 Å². The zero-order valence-electron chi connectivity index (χ0n) is 29.9. The summed E-state index contributed by atoms with van der Waals surface area (Å²) in [6.45, 7) is 2.33. The van der Waals surface area contributed by atoms with E-state index in [2.05, 4.69) is 9.97 Å². The Morgan fingerprint density at radius 3 is 2.57 bits per heavy atom. The van der Waals surface area contributed by atoms with Crippen LogP contribution in [-0.4, -0.2) is 54.7 Å². The number of nitrogens with zero attached hydrogens (tertiary/aromatic N) is 2. The first kappa shape index (κ1) is 36.4. The molecule has 0 spiro atoms. The summed E-state index contributed by atoms with van der Waals surface area (Å²) in [5.74, 6) is -1.27. The van der Waals surface area contributed by atoms with E-state index >= 15 is 0 Å². The number of rotatable bonds is 8. The SMILES string of the molecule is CC=C(CO)C(=O)OC1Cc2c3c(c4oc(CO)cc(=O)c4c2O)C(Cc2cccc(O)c2)c2ccnc(N)c2CCC(Cc2ccc(N)nc2)C1(C)O3. The molecule has 0 amide bonds. The van der Waals surface area contributed by atoms with Crippen molar-refractivity contribution in [2.24, 2.45) is 5.92 Å². The molecule has 0 saturated carbocycles. The largest absolute Gasteiger partial charge is 0.508 e. The lowest BCUT2D eigenvalue weighted by Gasteiger charge is -2.48. The van der Waals surface area contributed by atoms with Gasteiger partial charge >= 0.3 is 5.97 Å². The number of hydrogen-bond donors (Lipinski definition) is 6. The summed E-state index contributed by atoms with van der Waals surface area (Å²) in [6.07, 6.45) is 5.24. The molecule has 5 aromatic rings. The number of hydrogen-bond acceptors (Lipinski definition) is 13. The topological polar surface area (TPSA) is 224 Å². The highest BCUT2D eigenvalue weighted by Gasteiger charge is 2.52. The van der Waals surface area contributed by atoms with E-state index in [1.165, 1.54) is 6.08 Å². The maximum Gasteiger partial charge on any atom is 0.336 e. The molecule has 8 N–H and O–H groups in total. The standard InChI is InChI=1S/C41H42N4O9/c1-3-23(19-46)40(51)53-32-17-30-36(50)35-31(49)16-26(20-47)52-38(35)34-29(15-21-5-4-6-25(48)14-21)27-11-12-44-39(43)28(27)9-8-24(41(32,2)54-37(30)34)13-22-7-10-33(42)45-18-22/h3-7,10-12,14,16,18,24,29,32,46-48,50H,8-9,13,15,17,19-20H2,1-2H3,(H2,42,45)(H2,43,44). The van der Waals surface area contributed by atoms with Crippen LogP contribution in [0.5, 0.6) is 17.2 Å². The van der Waals surface area contributed by atoms with E-state index < -0.39 is 53.9 Å². The summed E-state index contributed by atoms with van der Waals surface area (Å²) >= 11 is 0. The van der Waals surface area contributed by atoms with E-state index in [4.69, 9.17) is 25.4 Å². The summed E-state index contributed by atoms with van der Waals surface area (Å²) < 4.78 is 19.7. The quantitative estimate of drug-likeness (QED) is 0.0963. The molecule has 54 heavy (non-hydrogen) atoms. The normalized spacial score (nSPS) is 20.9. The number of benzene rings is 2. The molecule has 0 saturated heterocycles. The number of aromatic hydroxyl groups is 2. The molecule has 2 aliphatic rings. The summed E-state index contributed by atoms with van der Waals surface area (Å²) in [7, 11) is 0. The second kappa shape index (κ2) is 14.5. The molecule has 0 fully saturated rings. The highest BCUT2D eigenvalue weighted by molar-refractivity contribution is 5.92. The average Bonchev–Trinajstić information content (AvgIpc) is 3.14. The number of phenols is 2. The molecule has 2 bridgehead atoms. The third kappa shape index (κ3) is 6.49. The van der Waals surface area contributed by atoms with Gasteiger partial charge in [0.25, 0.3) is 0 Å². The zero-order valence-corrected chi connectivity index (χ0v) is 29.9. The Balaban J connectivity index is 1.56. The number of aliphatic hydroxyl groups excluding tert-OH is 2. The molecule has 13 nitrogen and oxygen atoms in total. The fraction of sp³-hybridized carbons (Fsp3) is 0.317. The highest BCUT2D eigenvalue weighted by Crippen LogP contribution is 2.53. The van der Waals surface area contributed by atoms with Crippen LogP contribution in [0.1, 0.15) is 65.3 Å². The van der Waals surface area contributed by atoms with Gasteiger partial charge in [-0.25, -0.2) is 14.8 Å². The van der Waals surface area contributed by atoms with Crippen molar-refractivity contribution in [3.05, 3.63) is 122 Å². The predicted octanol–water partition coefficient (Wildman–Crippen LogP) is 4.37. The maximum atomic E-state index is 13.8. The van der Waals surface area contributed by atoms with E-state index in [1.54, 1.807) is 43.6 Å². The number of esters is 1. The fourth-order valence-corrected chi connectivity index (χ4v) is 8.00. The number of carbonyl (C=O) groups is 1. The molecule has 13 heteroatoms. The Kier molecular flexibility index (Phi) is 9.77. The number of nitrogen functional groups attached to an aromatic ring is 2. The molecule has 0 aliphatic carbocycles. The number of pyridine rings is 2. The van der Waals surface area contributed by atoms with Crippen LogP contribution >= 0.6 is 0 Å². The van der Waals surface area contributed by atoms with Crippen LogP contribution in [0.3, 0.4) is 0 Å². The number of nitrogens with two attached hydrogens (primary N) is 2. The predicted molar refractivity (Wildman–Crippen MR) is 200 cm³/mol. The molecule has 4 unspecified atom stereocenters. The van der Waals surface area contributed by atoms with Crippen molar-refractivity contribution in [2.45, 2.75) is 70.2 Å². The maximum absolute atomic E-state index is 13.8. The van der Waals surface area contributed by atoms with Crippen molar-refractivity contribution >= 4 is 28.6 Å². The van der Waals surface area contributed by atoms with Gasteiger partial charge in [-0.05, 0) is 86.1 Å². The van der Waals surface area contributed by atoms with Gasteiger partial charge in [0, 0.05) is 47.8 Å². The van der Waals surface area contributed by atoms with Gasteiger partial charge in [0.15, 0.2) is 5.43 Å². The number of ether oxygens (including phenoxy) is 2. The van der Waals surface area contributed by atoms with E-state index in [0.717, 1.165) is 28.3 Å². The number of aromatic nitrogens is 2. The van der Waals surface area contributed by atoms with Crippen molar-refractivity contribution in [3.8, 4) is 17.2 Å². The van der Waals surface area contributed by atoms with Gasteiger partial charge in [0.2, 0.25) is 0 Å². The first-order valence-electron chi connectivity index (χ1n) is 17.8. The van der Waals surface area contributed by atoms with Gasteiger partial charge in [0.1, 0.15) is 63.9 Å². The van der Waals surface area contributed by atoms with Crippen molar-refractivity contribution < 1.29 is 39.1 Å². The molecule has 2 aliphatic heterocycles. The van der Waals surface area contributed by atoms with Gasteiger partial charge in [-0.15, -0.1) is 0 Å². The van der Waals surface area contributed by atoms with E-state index in [1.807, 2.05) is 25.1 Å². The van der Waals surface area contributed by atoms with Crippen LogP contribution in [0, 0.1) is 5.92 Å². The summed E-state index contributed by atoms with van der Waals surface area (Å²) in [4.78, 5) is 36.2. The second-order valence-electron chi connectivity index (χ2n) is 14.1. The van der Waals surface area contributed by atoms with Crippen LogP contribution in [-0.2, 0) is 41.8 Å². The van der Waals surface area contributed by atoms with Crippen molar-refractivity contribution in [2.75, 3.05) is 18.1 Å². The van der Waals surface area contributed by atoms with Crippen molar-refractivity contribution in [1.29, 1.82) is 0 Å². The third-order valence-corrected chi connectivity index (χ3v) is 10.9. The third-order valence-electron chi connectivity index (χ3n) is 10.9. The number of phenolic OH excluding ortho intramolecular Hbond substituents is 2. The van der Waals surface area contributed by atoms with Gasteiger partial charge in [-0.2, -0.15) is 0 Å². The molecule has 5 heterocycles. The van der Waals surface area contributed by atoms with E-state index in [9.17, 15) is 30.0 Å². The number of fused-ring (bicyclic) bond motifs is 4. The first-order chi connectivity index (χ1) is 25.9. The molecule has 3 aromatic heterocycles.